The Kier molecular flexibility index (Phi) is 6.69. The number of nitrogens with zero attached hydrogens (tertiary/aromatic N) is 1. The minimum atomic E-state index is -4.56. The molecule has 2 atom stereocenters. The number of carbonyl (C=O) groups is 1. The molecule has 1 aromatic carbocycles. The van der Waals surface area contributed by atoms with Crippen molar-refractivity contribution in [3.63, 3.8) is 0 Å². The molecule has 1 saturated heterocycles. The number of nitrogens with two attached hydrogens (primary N) is 1. The zero-order valence-corrected chi connectivity index (χ0v) is 16.9. The van der Waals surface area contributed by atoms with Gasteiger partial charge in [0.2, 0.25) is 15.9 Å². The van der Waals surface area contributed by atoms with E-state index in [9.17, 15) is 26.4 Å². The topological polar surface area (TPSA) is 89.7 Å². The van der Waals surface area contributed by atoms with E-state index in [1.165, 1.54) is 24.3 Å². The number of rotatable bonds is 8. The molecule has 0 saturated carbocycles. The highest BCUT2D eigenvalue weighted by Gasteiger charge is 2.44. The van der Waals surface area contributed by atoms with Gasteiger partial charge in [-0.1, -0.05) is 11.6 Å². The fraction of sp³-hybridized carbons (Fsp3) is 0.588. The van der Waals surface area contributed by atoms with E-state index in [0.717, 1.165) is 0 Å². The summed E-state index contributed by atoms with van der Waals surface area (Å²) in [6.07, 6.45) is -6.74. The number of sulfonamides is 1. The summed E-state index contributed by atoms with van der Waals surface area (Å²) < 4.78 is 70.5. The molecule has 2 N–H and O–H groups in total. The largest absolute Gasteiger partial charge is 0.389 e. The molecule has 0 radical (unpaired) electrons. The van der Waals surface area contributed by atoms with Gasteiger partial charge in [-0.25, -0.2) is 8.42 Å². The third-order valence-electron chi connectivity index (χ3n) is 4.39. The van der Waals surface area contributed by atoms with Crippen molar-refractivity contribution in [2.24, 2.45) is 5.73 Å². The zero-order chi connectivity index (χ0) is 21.3. The van der Waals surface area contributed by atoms with E-state index in [2.05, 4.69) is 0 Å². The second-order valence-corrected chi connectivity index (χ2v) is 9.63. The van der Waals surface area contributed by atoms with E-state index < -0.39 is 52.7 Å². The van der Waals surface area contributed by atoms with Gasteiger partial charge in [-0.2, -0.15) is 17.5 Å². The van der Waals surface area contributed by atoms with Crippen molar-refractivity contribution < 1.29 is 31.1 Å². The molecule has 28 heavy (non-hydrogen) atoms. The maximum atomic E-state index is 13.1. The first-order valence-corrected chi connectivity index (χ1v) is 10.3. The second-order valence-electron chi connectivity index (χ2n) is 7.30. The Labute approximate surface area is 166 Å². The van der Waals surface area contributed by atoms with Gasteiger partial charge >= 0.3 is 6.18 Å². The summed E-state index contributed by atoms with van der Waals surface area (Å²) in [6, 6.07) is 3.46. The van der Waals surface area contributed by atoms with Crippen molar-refractivity contribution in [3.8, 4) is 0 Å². The summed E-state index contributed by atoms with van der Waals surface area (Å²) in [6.45, 7) is 3.33. The summed E-state index contributed by atoms with van der Waals surface area (Å²) in [5.41, 5.74) is 4.82. The summed E-state index contributed by atoms with van der Waals surface area (Å²) in [5.74, 6) is -1.15. The van der Waals surface area contributed by atoms with Crippen molar-refractivity contribution in [2.75, 3.05) is 6.54 Å². The van der Waals surface area contributed by atoms with Gasteiger partial charge in [-0.05, 0) is 44.5 Å². The number of hydrogen-bond acceptors (Lipinski definition) is 4. The third-order valence-corrected chi connectivity index (χ3v) is 6.53. The van der Waals surface area contributed by atoms with Crippen LogP contribution in [-0.2, 0) is 19.6 Å². The van der Waals surface area contributed by atoms with Gasteiger partial charge in [0.25, 0.3) is 0 Å². The Hall–Kier alpha value is -1.36. The Balaban J connectivity index is 2.36. The Morgan fingerprint density at radius 2 is 1.89 bits per heavy atom. The first-order chi connectivity index (χ1) is 12.7. The van der Waals surface area contributed by atoms with E-state index >= 15 is 0 Å². The number of primary amides is 1. The van der Waals surface area contributed by atoms with Gasteiger partial charge in [0.1, 0.15) is 6.04 Å². The van der Waals surface area contributed by atoms with Crippen molar-refractivity contribution in [3.05, 3.63) is 29.3 Å². The van der Waals surface area contributed by atoms with Crippen LogP contribution in [0.15, 0.2) is 29.2 Å². The maximum Gasteiger partial charge on any atom is 0.389 e. The predicted octanol–water partition coefficient (Wildman–Crippen LogP) is 3.09. The average molecular weight is 443 g/mol. The van der Waals surface area contributed by atoms with Crippen molar-refractivity contribution in [1.82, 2.24) is 4.31 Å². The van der Waals surface area contributed by atoms with E-state index in [4.69, 9.17) is 22.1 Å². The molecule has 1 fully saturated rings. The Morgan fingerprint density at radius 1 is 1.36 bits per heavy atom. The molecule has 2 rings (SSSR count). The molecule has 0 bridgehead atoms. The number of benzene rings is 1. The lowest BCUT2D eigenvalue weighted by molar-refractivity contribution is -0.188. The number of halogens is 4. The van der Waals surface area contributed by atoms with Crippen LogP contribution < -0.4 is 5.73 Å². The number of carbonyl (C=O) groups excluding carboxylic acids is 1. The first kappa shape index (κ1) is 22.9. The number of alkyl halides is 3. The minimum Gasteiger partial charge on any atom is -0.371 e. The van der Waals surface area contributed by atoms with Gasteiger partial charge in [0, 0.05) is 24.4 Å². The van der Waals surface area contributed by atoms with Crippen LogP contribution in [0.25, 0.3) is 0 Å². The van der Waals surface area contributed by atoms with Crippen LogP contribution >= 0.6 is 11.6 Å². The first-order valence-electron chi connectivity index (χ1n) is 8.52. The van der Waals surface area contributed by atoms with E-state index in [0.29, 0.717) is 10.7 Å². The van der Waals surface area contributed by atoms with Crippen LogP contribution in [0.2, 0.25) is 5.02 Å². The molecule has 1 aliphatic heterocycles. The quantitative estimate of drug-likeness (QED) is 0.669. The average Bonchev–Trinajstić information content (AvgIpc) is 2.51. The zero-order valence-electron chi connectivity index (χ0n) is 15.4. The predicted molar refractivity (Wildman–Crippen MR) is 97.2 cm³/mol. The number of ether oxygens (including phenoxy) is 1. The monoisotopic (exact) mass is 442 g/mol. The molecule has 0 aliphatic carbocycles. The summed E-state index contributed by atoms with van der Waals surface area (Å²) >= 11 is 5.77. The van der Waals surface area contributed by atoms with Gasteiger partial charge in [0.15, 0.2) is 0 Å². The molecule has 1 aliphatic rings. The highest BCUT2D eigenvalue weighted by atomic mass is 35.5. The maximum absolute atomic E-state index is 13.1. The fourth-order valence-corrected chi connectivity index (χ4v) is 4.94. The number of hydrogen-bond donors (Lipinski definition) is 1. The molecule has 0 spiro atoms. The van der Waals surface area contributed by atoms with Crippen LogP contribution in [0, 0.1) is 0 Å². The van der Waals surface area contributed by atoms with E-state index in [1.807, 2.05) is 0 Å². The van der Waals surface area contributed by atoms with E-state index in [-0.39, 0.29) is 16.5 Å². The SMILES string of the molecule is CC1(C)C[C@@H](CN([C@H](CCC(F)(F)F)C(N)=O)S(=O)(=O)c2ccc(Cl)cc2)O1. The standard InChI is InChI=1S/C17H22ClF3N2O4S/c1-16(2)9-12(27-16)10-23(14(15(22)24)7-8-17(19,20)21)28(25,26)13-5-3-11(18)4-6-13/h3-6,12,14H,7-10H2,1-2H3,(H2,22,24)/t12-,14+/m0/s1. The van der Waals surface area contributed by atoms with Gasteiger partial charge in [-0.3, -0.25) is 4.79 Å². The summed E-state index contributed by atoms with van der Waals surface area (Å²) in [4.78, 5) is 11.7. The smallest absolute Gasteiger partial charge is 0.371 e. The van der Waals surface area contributed by atoms with Crippen LogP contribution in [0.5, 0.6) is 0 Å². The molecule has 1 amide bonds. The fourth-order valence-electron chi connectivity index (χ4n) is 3.16. The molecule has 11 heteroatoms. The lowest BCUT2D eigenvalue weighted by Crippen LogP contribution is -2.56. The van der Waals surface area contributed by atoms with E-state index in [1.54, 1.807) is 13.8 Å². The van der Waals surface area contributed by atoms with Crippen molar-refractivity contribution >= 4 is 27.5 Å². The minimum absolute atomic E-state index is 0.200. The van der Waals surface area contributed by atoms with Crippen LogP contribution in [0.4, 0.5) is 13.2 Å². The molecule has 1 heterocycles. The second kappa shape index (κ2) is 8.17. The molecule has 0 aromatic heterocycles. The van der Waals surface area contributed by atoms with Crippen LogP contribution in [0.3, 0.4) is 0 Å². The lowest BCUT2D eigenvalue weighted by atomic mass is 9.93. The van der Waals surface area contributed by atoms with Crippen molar-refractivity contribution in [2.45, 2.75) is 61.9 Å². The van der Waals surface area contributed by atoms with Crippen LogP contribution in [0.1, 0.15) is 33.1 Å². The number of amides is 1. The molecule has 0 unspecified atom stereocenters. The molecular formula is C17H22ClF3N2O4S. The molecular weight excluding hydrogens is 421 g/mol. The third kappa shape index (κ3) is 5.82. The highest BCUT2D eigenvalue weighted by Crippen LogP contribution is 2.34. The van der Waals surface area contributed by atoms with Gasteiger partial charge in [-0.15, -0.1) is 0 Å². The Bertz CT molecular complexity index is 805. The van der Waals surface area contributed by atoms with Gasteiger partial charge < -0.3 is 10.5 Å². The highest BCUT2D eigenvalue weighted by molar-refractivity contribution is 7.89. The summed E-state index contributed by atoms with van der Waals surface area (Å²) in [7, 11) is -4.31. The molecule has 158 valence electrons. The normalized spacial score (nSPS) is 20.6. The Morgan fingerprint density at radius 3 is 2.32 bits per heavy atom. The lowest BCUT2D eigenvalue weighted by Gasteiger charge is -2.45. The summed E-state index contributed by atoms with van der Waals surface area (Å²) in [5, 5.41) is 0.290. The van der Waals surface area contributed by atoms with Crippen LogP contribution in [-0.4, -0.2) is 49.1 Å². The molecule has 1 aromatic rings. The van der Waals surface area contributed by atoms with Gasteiger partial charge in [0.05, 0.1) is 16.6 Å². The van der Waals surface area contributed by atoms with Crippen molar-refractivity contribution in [1.29, 1.82) is 0 Å². The molecule has 6 nitrogen and oxygen atoms in total.